The molecule has 2 aromatic rings. The summed E-state index contributed by atoms with van der Waals surface area (Å²) in [5, 5.41) is 3.00. The van der Waals surface area contributed by atoms with Gasteiger partial charge in [-0.1, -0.05) is 0 Å². The molecular weight excluding hydrogens is 326 g/mol. The topological polar surface area (TPSA) is 82.1 Å². The van der Waals surface area contributed by atoms with E-state index in [4.69, 9.17) is 9.47 Å². The summed E-state index contributed by atoms with van der Waals surface area (Å²) >= 11 is 3.45. The van der Waals surface area contributed by atoms with E-state index in [1.54, 1.807) is 27.3 Å². The van der Waals surface area contributed by atoms with Crippen molar-refractivity contribution in [2.75, 3.05) is 26.6 Å². The molecule has 0 amide bonds. The van der Waals surface area contributed by atoms with Crippen LogP contribution in [0.4, 0.5) is 5.82 Å². The average molecular weight is 340 g/mol. The molecule has 0 radical (unpaired) electrons. The summed E-state index contributed by atoms with van der Waals surface area (Å²) in [5.41, 5.74) is 1.32. The smallest absolute Gasteiger partial charge is 0.216 e. The number of nitrogens with one attached hydrogen (secondary N) is 1. The minimum Gasteiger partial charge on any atom is -0.481 e. The third-order valence-electron chi connectivity index (χ3n) is 2.52. The van der Waals surface area contributed by atoms with E-state index in [0.717, 1.165) is 10.2 Å². The van der Waals surface area contributed by atoms with Crippen LogP contribution in [0, 0.1) is 0 Å². The molecule has 7 nitrogen and oxygen atoms in total. The lowest BCUT2D eigenvalue weighted by Gasteiger charge is -2.10. The third-order valence-corrected chi connectivity index (χ3v) is 3.35. The molecular formula is C12H14BrN5O2. The van der Waals surface area contributed by atoms with Gasteiger partial charge in [-0.15, -0.1) is 0 Å². The van der Waals surface area contributed by atoms with Gasteiger partial charge in [0.1, 0.15) is 17.8 Å². The van der Waals surface area contributed by atoms with Crippen LogP contribution in [0.15, 0.2) is 16.9 Å². The van der Waals surface area contributed by atoms with Crippen LogP contribution >= 0.6 is 15.9 Å². The van der Waals surface area contributed by atoms with Crippen LogP contribution in [0.3, 0.4) is 0 Å². The Bertz CT molecular complexity index is 608. The minimum absolute atomic E-state index is 0.368. The second-order valence-corrected chi connectivity index (χ2v) is 4.58. The van der Waals surface area contributed by atoms with E-state index in [0.29, 0.717) is 29.8 Å². The van der Waals surface area contributed by atoms with Gasteiger partial charge in [0.15, 0.2) is 5.82 Å². The first-order valence-electron chi connectivity index (χ1n) is 5.79. The Morgan fingerprint density at radius 2 is 2.05 bits per heavy atom. The quantitative estimate of drug-likeness (QED) is 0.890. The number of rotatable bonds is 5. The molecule has 0 fully saturated rings. The predicted octanol–water partition coefficient (Wildman–Crippen LogP) is 1.89. The van der Waals surface area contributed by atoms with E-state index in [9.17, 15) is 0 Å². The number of anilines is 1. The van der Waals surface area contributed by atoms with Crippen LogP contribution in [-0.4, -0.2) is 41.2 Å². The molecule has 2 rings (SSSR count). The minimum atomic E-state index is 0.368. The van der Waals surface area contributed by atoms with Gasteiger partial charge in [0.25, 0.3) is 0 Å². The van der Waals surface area contributed by atoms with Gasteiger partial charge in [-0.3, -0.25) is 0 Å². The first-order chi connectivity index (χ1) is 9.69. The summed E-state index contributed by atoms with van der Waals surface area (Å²) in [4.78, 5) is 17.0. The Hall–Kier alpha value is -1.80. The third kappa shape index (κ3) is 3.02. The number of nitrogens with zero attached hydrogens (tertiary/aromatic N) is 4. The van der Waals surface area contributed by atoms with Gasteiger partial charge >= 0.3 is 0 Å². The molecule has 106 valence electrons. The van der Waals surface area contributed by atoms with Crippen molar-refractivity contribution in [2.24, 2.45) is 0 Å². The van der Waals surface area contributed by atoms with Crippen LogP contribution in [0.5, 0.6) is 5.88 Å². The van der Waals surface area contributed by atoms with E-state index in [-0.39, 0.29) is 0 Å². The summed E-state index contributed by atoms with van der Waals surface area (Å²) in [6.07, 6.45) is 1.41. The normalized spacial score (nSPS) is 10.4. The number of halogens is 1. The fourth-order valence-electron chi connectivity index (χ4n) is 1.58. The average Bonchev–Trinajstić information content (AvgIpc) is 2.49. The zero-order valence-electron chi connectivity index (χ0n) is 11.3. The molecule has 0 saturated carbocycles. The van der Waals surface area contributed by atoms with Crippen LogP contribution in [0.1, 0.15) is 5.69 Å². The van der Waals surface area contributed by atoms with Gasteiger partial charge in [0.2, 0.25) is 5.88 Å². The highest BCUT2D eigenvalue weighted by Crippen LogP contribution is 2.27. The fourth-order valence-corrected chi connectivity index (χ4v) is 2.07. The molecule has 0 unspecified atom stereocenters. The lowest BCUT2D eigenvalue weighted by Crippen LogP contribution is -2.05. The van der Waals surface area contributed by atoms with Gasteiger partial charge < -0.3 is 14.8 Å². The monoisotopic (exact) mass is 339 g/mol. The summed E-state index contributed by atoms with van der Waals surface area (Å²) in [6, 6.07) is 1.68. The van der Waals surface area contributed by atoms with E-state index in [1.165, 1.54) is 6.33 Å². The molecule has 2 aromatic heterocycles. The van der Waals surface area contributed by atoms with Crippen molar-refractivity contribution in [3.63, 3.8) is 0 Å². The fraction of sp³-hybridized carbons (Fsp3) is 0.333. The standard InChI is InChI=1S/C12H14BrN5O2/c1-14-12-10(13)8(5-19-2)17-11(18-12)7-4-9(20-3)16-6-15-7/h4,6H,5H2,1-3H3,(H,14,17,18). The molecule has 2 heterocycles. The first-order valence-corrected chi connectivity index (χ1v) is 6.58. The number of hydrogen-bond acceptors (Lipinski definition) is 7. The van der Waals surface area contributed by atoms with E-state index in [2.05, 4.69) is 41.2 Å². The lowest BCUT2D eigenvalue weighted by molar-refractivity contribution is 0.181. The molecule has 0 saturated heterocycles. The predicted molar refractivity (Wildman–Crippen MR) is 77.6 cm³/mol. The summed E-state index contributed by atoms with van der Waals surface area (Å²) < 4.78 is 11.0. The van der Waals surface area contributed by atoms with Crippen LogP contribution in [0.2, 0.25) is 0 Å². The van der Waals surface area contributed by atoms with Gasteiger partial charge in [-0.2, -0.15) is 0 Å². The second kappa shape index (κ2) is 6.58. The van der Waals surface area contributed by atoms with Crippen LogP contribution in [0.25, 0.3) is 11.5 Å². The van der Waals surface area contributed by atoms with Crippen molar-refractivity contribution in [1.82, 2.24) is 19.9 Å². The largest absolute Gasteiger partial charge is 0.481 e. The van der Waals surface area contributed by atoms with Crippen molar-refractivity contribution in [1.29, 1.82) is 0 Å². The first kappa shape index (κ1) is 14.6. The zero-order valence-corrected chi connectivity index (χ0v) is 12.9. The van der Waals surface area contributed by atoms with Gasteiger partial charge in [0, 0.05) is 20.2 Å². The van der Waals surface area contributed by atoms with Gasteiger partial charge in [0.05, 0.1) is 23.9 Å². The molecule has 0 aliphatic heterocycles. The molecule has 20 heavy (non-hydrogen) atoms. The number of aromatic nitrogens is 4. The Kier molecular flexibility index (Phi) is 4.80. The summed E-state index contributed by atoms with van der Waals surface area (Å²) in [6.45, 7) is 0.368. The number of ether oxygens (including phenoxy) is 2. The highest BCUT2D eigenvalue weighted by atomic mass is 79.9. The molecule has 1 N–H and O–H groups in total. The maximum atomic E-state index is 5.14. The molecule has 8 heteroatoms. The number of methoxy groups -OCH3 is 2. The van der Waals surface area contributed by atoms with Crippen molar-refractivity contribution >= 4 is 21.7 Å². The lowest BCUT2D eigenvalue weighted by atomic mass is 10.3. The summed E-state index contributed by atoms with van der Waals surface area (Å²) in [5.74, 6) is 1.60. The van der Waals surface area contributed by atoms with E-state index in [1.807, 2.05) is 0 Å². The number of hydrogen-bond donors (Lipinski definition) is 1. The van der Waals surface area contributed by atoms with Crippen molar-refractivity contribution < 1.29 is 9.47 Å². The molecule has 0 aliphatic carbocycles. The molecule has 0 spiro atoms. The maximum Gasteiger partial charge on any atom is 0.216 e. The van der Waals surface area contributed by atoms with E-state index >= 15 is 0 Å². The van der Waals surface area contributed by atoms with Crippen molar-refractivity contribution in [3.05, 3.63) is 22.6 Å². The zero-order chi connectivity index (χ0) is 14.5. The SMILES string of the molecule is CNc1nc(-c2cc(OC)ncn2)nc(COC)c1Br. The van der Waals surface area contributed by atoms with Crippen LogP contribution < -0.4 is 10.1 Å². The molecule has 0 atom stereocenters. The molecule has 0 aliphatic rings. The Morgan fingerprint density at radius 3 is 2.70 bits per heavy atom. The van der Waals surface area contributed by atoms with E-state index < -0.39 is 0 Å². The molecule has 0 aromatic carbocycles. The highest BCUT2D eigenvalue weighted by molar-refractivity contribution is 9.10. The van der Waals surface area contributed by atoms with Crippen molar-refractivity contribution in [3.8, 4) is 17.4 Å². The second-order valence-electron chi connectivity index (χ2n) is 3.79. The molecule has 0 bridgehead atoms. The summed E-state index contributed by atoms with van der Waals surface area (Å²) in [7, 11) is 4.94. The van der Waals surface area contributed by atoms with Gasteiger partial charge in [-0.05, 0) is 15.9 Å². The van der Waals surface area contributed by atoms with Crippen LogP contribution in [-0.2, 0) is 11.3 Å². The maximum absolute atomic E-state index is 5.14. The Balaban J connectivity index is 2.52. The van der Waals surface area contributed by atoms with Crippen molar-refractivity contribution in [2.45, 2.75) is 6.61 Å². The highest BCUT2D eigenvalue weighted by Gasteiger charge is 2.14. The van der Waals surface area contributed by atoms with Gasteiger partial charge in [-0.25, -0.2) is 19.9 Å². The Labute approximate surface area is 124 Å². The Morgan fingerprint density at radius 1 is 1.25 bits per heavy atom.